The number of aliphatic hydroxyl groups excluding tert-OH is 1. The molecular weight excluding hydrogens is 212 g/mol. The van der Waals surface area contributed by atoms with Crippen LogP contribution in [0.3, 0.4) is 0 Å². The van der Waals surface area contributed by atoms with Gasteiger partial charge in [-0.2, -0.15) is 0 Å². The molecule has 0 radical (unpaired) electrons. The Morgan fingerprint density at radius 3 is 2.87 bits per heavy atom. The number of nitrogens with zero attached hydrogens (tertiary/aromatic N) is 1. The van der Waals surface area contributed by atoms with Gasteiger partial charge in [-0.25, -0.2) is 0 Å². The fourth-order valence-electron chi connectivity index (χ4n) is 1.57. The van der Waals surface area contributed by atoms with Crippen molar-refractivity contribution in [3.05, 3.63) is 16.3 Å². The Morgan fingerprint density at radius 1 is 1.67 bits per heavy atom. The second-order valence-electron chi connectivity index (χ2n) is 3.66. The van der Waals surface area contributed by atoms with E-state index in [1.54, 1.807) is 11.0 Å². The van der Waals surface area contributed by atoms with Crippen molar-refractivity contribution in [2.75, 3.05) is 18.9 Å². The molecule has 4 nitrogen and oxygen atoms in total. The Hall–Kier alpha value is -1.07. The maximum absolute atomic E-state index is 12.0. The summed E-state index contributed by atoms with van der Waals surface area (Å²) >= 11 is 1.36. The molecule has 1 aliphatic rings. The normalized spacial score (nSPS) is 15.3. The zero-order valence-corrected chi connectivity index (χ0v) is 9.17. The van der Waals surface area contributed by atoms with E-state index in [4.69, 9.17) is 10.8 Å². The van der Waals surface area contributed by atoms with Crippen LogP contribution in [0.15, 0.2) is 11.4 Å². The minimum atomic E-state index is -0.0425. The summed E-state index contributed by atoms with van der Waals surface area (Å²) in [5, 5.41) is 10.7. The van der Waals surface area contributed by atoms with Gasteiger partial charge in [0.1, 0.15) is 4.88 Å². The SMILES string of the molecule is Nc1ccsc1C(=O)N(CCO)C1CC1. The zero-order valence-electron chi connectivity index (χ0n) is 8.35. The van der Waals surface area contributed by atoms with E-state index in [1.165, 1.54) is 11.3 Å². The Kier molecular flexibility index (Phi) is 2.93. The molecule has 15 heavy (non-hydrogen) atoms. The predicted octanol–water partition coefficient (Wildman–Crippen LogP) is 0.927. The molecule has 0 unspecified atom stereocenters. The van der Waals surface area contributed by atoms with Crippen LogP contribution >= 0.6 is 11.3 Å². The van der Waals surface area contributed by atoms with Gasteiger partial charge >= 0.3 is 0 Å². The van der Waals surface area contributed by atoms with Crippen molar-refractivity contribution in [2.24, 2.45) is 0 Å². The van der Waals surface area contributed by atoms with Crippen LogP contribution < -0.4 is 5.73 Å². The summed E-state index contributed by atoms with van der Waals surface area (Å²) in [6, 6.07) is 2.05. The van der Waals surface area contributed by atoms with Gasteiger partial charge in [-0.1, -0.05) is 0 Å². The minimum Gasteiger partial charge on any atom is -0.397 e. The van der Waals surface area contributed by atoms with E-state index >= 15 is 0 Å². The third-order valence-corrected chi connectivity index (χ3v) is 3.40. The number of rotatable bonds is 4. The Labute approximate surface area is 92.3 Å². The number of anilines is 1. The van der Waals surface area contributed by atoms with Gasteiger partial charge in [0, 0.05) is 12.6 Å². The van der Waals surface area contributed by atoms with Gasteiger partial charge in [-0.15, -0.1) is 11.3 Å². The van der Waals surface area contributed by atoms with Crippen LogP contribution in [0, 0.1) is 0 Å². The average Bonchev–Trinajstić information content (AvgIpc) is 2.97. The highest BCUT2D eigenvalue weighted by Crippen LogP contribution is 2.30. The van der Waals surface area contributed by atoms with Crippen molar-refractivity contribution in [3.8, 4) is 0 Å². The topological polar surface area (TPSA) is 66.6 Å². The smallest absolute Gasteiger partial charge is 0.266 e. The van der Waals surface area contributed by atoms with Crippen LogP contribution in [0.2, 0.25) is 0 Å². The lowest BCUT2D eigenvalue weighted by Gasteiger charge is -2.20. The van der Waals surface area contributed by atoms with Gasteiger partial charge in [0.05, 0.1) is 12.3 Å². The third-order valence-electron chi connectivity index (χ3n) is 2.48. The van der Waals surface area contributed by atoms with Gasteiger partial charge in [0.25, 0.3) is 5.91 Å². The molecule has 0 aliphatic heterocycles. The zero-order chi connectivity index (χ0) is 10.8. The van der Waals surface area contributed by atoms with Crippen LogP contribution in [0.5, 0.6) is 0 Å². The fourth-order valence-corrected chi connectivity index (χ4v) is 2.34. The van der Waals surface area contributed by atoms with Crippen LogP contribution in [-0.4, -0.2) is 35.1 Å². The van der Waals surface area contributed by atoms with Gasteiger partial charge in [0.15, 0.2) is 0 Å². The van der Waals surface area contributed by atoms with Gasteiger partial charge in [-0.3, -0.25) is 4.79 Å². The lowest BCUT2D eigenvalue weighted by Crippen LogP contribution is -2.35. The molecule has 0 atom stereocenters. The second-order valence-corrected chi connectivity index (χ2v) is 4.57. The molecule has 1 heterocycles. The number of amides is 1. The highest BCUT2D eigenvalue weighted by atomic mass is 32.1. The van der Waals surface area contributed by atoms with Crippen LogP contribution in [-0.2, 0) is 0 Å². The summed E-state index contributed by atoms with van der Waals surface area (Å²) in [5.74, 6) is -0.0425. The molecule has 1 aromatic rings. The van der Waals surface area contributed by atoms with E-state index in [0.29, 0.717) is 23.2 Å². The molecule has 5 heteroatoms. The Morgan fingerprint density at radius 2 is 2.40 bits per heavy atom. The number of hydrogen-bond donors (Lipinski definition) is 2. The van der Waals surface area contributed by atoms with Crippen molar-refractivity contribution >= 4 is 22.9 Å². The predicted molar refractivity (Wildman–Crippen MR) is 59.9 cm³/mol. The van der Waals surface area contributed by atoms with E-state index in [1.807, 2.05) is 5.38 Å². The Balaban J connectivity index is 2.14. The molecule has 1 aromatic heterocycles. The molecule has 0 saturated heterocycles. The number of aliphatic hydroxyl groups is 1. The summed E-state index contributed by atoms with van der Waals surface area (Å²) in [5.41, 5.74) is 6.23. The lowest BCUT2D eigenvalue weighted by molar-refractivity contribution is 0.0713. The van der Waals surface area contributed by atoms with Gasteiger partial charge < -0.3 is 15.7 Å². The third kappa shape index (κ3) is 2.13. The first-order chi connectivity index (χ1) is 7.24. The monoisotopic (exact) mass is 226 g/mol. The van der Waals surface area contributed by atoms with Crippen molar-refractivity contribution < 1.29 is 9.90 Å². The largest absolute Gasteiger partial charge is 0.397 e. The fraction of sp³-hybridized carbons (Fsp3) is 0.500. The summed E-state index contributed by atoms with van der Waals surface area (Å²) in [4.78, 5) is 14.4. The summed E-state index contributed by atoms with van der Waals surface area (Å²) in [7, 11) is 0. The molecule has 0 aromatic carbocycles. The summed E-state index contributed by atoms with van der Waals surface area (Å²) < 4.78 is 0. The number of carbonyl (C=O) groups is 1. The lowest BCUT2D eigenvalue weighted by atomic mass is 10.3. The first kappa shape index (κ1) is 10.4. The number of nitrogens with two attached hydrogens (primary N) is 1. The van der Waals surface area contributed by atoms with E-state index in [-0.39, 0.29) is 12.5 Å². The van der Waals surface area contributed by atoms with E-state index in [9.17, 15) is 4.79 Å². The Bertz CT molecular complexity index is 360. The summed E-state index contributed by atoms with van der Waals surface area (Å²) in [6.45, 7) is 0.411. The quantitative estimate of drug-likeness (QED) is 0.802. The second kappa shape index (κ2) is 4.20. The summed E-state index contributed by atoms with van der Waals surface area (Å²) in [6.07, 6.45) is 2.08. The number of nitrogen functional groups attached to an aromatic ring is 1. The van der Waals surface area contributed by atoms with Crippen molar-refractivity contribution in [2.45, 2.75) is 18.9 Å². The highest BCUT2D eigenvalue weighted by molar-refractivity contribution is 7.12. The van der Waals surface area contributed by atoms with Gasteiger partial charge in [-0.05, 0) is 24.3 Å². The number of thiophene rings is 1. The molecule has 0 bridgehead atoms. The molecule has 0 spiro atoms. The van der Waals surface area contributed by atoms with E-state index in [0.717, 1.165) is 12.8 Å². The first-order valence-electron chi connectivity index (χ1n) is 4.99. The molecule has 82 valence electrons. The molecule has 1 amide bonds. The maximum atomic E-state index is 12.0. The van der Waals surface area contributed by atoms with Crippen molar-refractivity contribution in [3.63, 3.8) is 0 Å². The van der Waals surface area contributed by atoms with E-state index in [2.05, 4.69) is 0 Å². The standard InChI is InChI=1S/C10H14N2O2S/c11-8-3-6-15-9(8)10(14)12(4-5-13)7-1-2-7/h3,6-7,13H,1-2,4-5,11H2. The maximum Gasteiger partial charge on any atom is 0.266 e. The van der Waals surface area contributed by atoms with Crippen LogP contribution in [0.4, 0.5) is 5.69 Å². The van der Waals surface area contributed by atoms with Gasteiger partial charge in [0.2, 0.25) is 0 Å². The molecule has 1 fully saturated rings. The molecule has 1 saturated carbocycles. The highest BCUT2D eigenvalue weighted by Gasteiger charge is 2.33. The molecule has 1 aliphatic carbocycles. The molecule has 3 N–H and O–H groups in total. The molecule has 2 rings (SSSR count). The molecular formula is C10H14N2O2S. The van der Waals surface area contributed by atoms with Crippen molar-refractivity contribution in [1.29, 1.82) is 0 Å². The first-order valence-corrected chi connectivity index (χ1v) is 5.87. The van der Waals surface area contributed by atoms with Crippen LogP contribution in [0.1, 0.15) is 22.5 Å². The number of carbonyl (C=O) groups excluding carboxylic acids is 1. The average molecular weight is 226 g/mol. The van der Waals surface area contributed by atoms with Crippen LogP contribution in [0.25, 0.3) is 0 Å². The minimum absolute atomic E-state index is 0.00746. The van der Waals surface area contributed by atoms with Crippen molar-refractivity contribution in [1.82, 2.24) is 4.90 Å². The number of hydrogen-bond acceptors (Lipinski definition) is 4. The van der Waals surface area contributed by atoms with E-state index < -0.39 is 0 Å².